The lowest BCUT2D eigenvalue weighted by atomic mass is 10.1. The Kier molecular flexibility index (Phi) is 3.84. The summed E-state index contributed by atoms with van der Waals surface area (Å²) < 4.78 is 5.21. The van der Waals surface area contributed by atoms with Crippen LogP contribution in [0, 0.1) is 0 Å². The fourth-order valence-corrected chi connectivity index (χ4v) is 1.94. The highest BCUT2D eigenvalue weighted by atomic mass is 16.6. The number of carboxylic acids is 1. The number of anilines is 1. The Bertz CT molecular complexity index is 701. The van der Waals surface area contributed by atoms with Crippen LogP contribution in [0.1, 0.15) is 31.1 Å². The first-order valence-corrected chi connectivity index (χ1v) is 6.52. The molecule has 21 heavy (non-hydrogen) atoms. The summed E-state index contributed by atoms with van der Waals surface area (Å²) in [6, 6.07) is 10.0. The summed E-state index contributed by atoms with van der Waals surface area (Å²) >= 11 is 0. The third-order valence-electron chi connectivity index (χ3n) is 2.76. The molecule has 0 aliphatic carbocycles. The van der Waals surface area contributed by atoms with E-state index in [1.54, 1.807) is 51.1 Å². The van der Waals surface area contributed by atoms with Gasteiger partial charge in [-0.25, -0.2) is 9.59 Å². The molecular formula is C16H17NO4. The molecule has 1 amide bonds. The average Bonchev–Trinajstić information content (AvgIpc) is 2.36. The molecule has 0 saturated carbocycles. The molecule has 0 radical (unpaired) electrons. The number of fused-ring (bicyclic) bond motifs is 1. The molecule has 0 saturated heterocycles. The minimum absolute atomic E-state index is 0.205. The Morgan fingerprint density at radius 1 is 1.14 bits per heavy atom. The van der Waals surface area contributed by atoms with E-state index in [2.05, 4.69) is 5.32 Å². The molecule has 0 aliphatic heterocycles. The van der Waals surface area contributed by atoms with Gasteiger partial charge in [0, 0.05) is 5.39 Å². The number of hydrogen-bond donors (Lipinski definition) is 2. The third kappa shape index (κ3) is 3.72. The van der Waals surface area contributed by atoms with Crippen molar-refractivity contribution in [3.05, 3.63) is 42.0 Å². The van der Waals surface area contributed by atoms with Gasteiger partial charge in [0.1, 0.15) is 5.60 Å². The van der Waals surface area contributed by atoms with Crippen LogP contribution in [0.15, 0.2) is 36.4 Å². The van der Waals surface area contributed by atoms with Crippen LogP contribution in [-0.2, 0) is 4.74 Å². The van der Waals surface area contributed by atoms with Crippen molar-refractivity contribution in [3.63, 3.8) is 0 Å². The van der Waals surface area contributed by atoms with Gasteiger partial charge in [0.15, 0.2) is 0 Å². The zero-order chi connectivity index (χ0) is 15.6. The number of nitrogens with one attached hydrogen (secondary N) is 1. The molecule has 0 fully saturated rings. The number of ether oxygens (including phenoxy) is 1. The molecule has 0 atom stereocenters. The molecule has 110 valence electrons. The monoisotopic (exact) mass is 287 g/mol. The van der Waals surface area contributed by atoms with Gasteiger partial charge >= 0.3 is 12.1 Å². The molecule has 2 aromatic rings. The lowest BCUT2D eigenvalue weighted by Gasteiger charge is -2.20. The second kappa shape index (κ2) is 5.44. The highest BCUT2D eigenvalue weighted by Gasteiger charge is 2.17. The van der Waals surface area contributed by atoms with Crippen molar-refractivity contribution in [2.75, 3.05) is 5.32 Å². The zero-order valence-electron chi connectivity index (χ0n) is 12.1. The van der Waals surface area contributed by atoms with Gasteiger partial charge in [0.2, 0.25) is 0 Å². The van der Waals surface area contributed by atoms with Crippen molar-refractivity contribution in [1.29, 1.82) is 0 Å². The van der Waals surface area contributed by atoms with Gasteiger partial charge in [0.05, 0.1) is 11.3 Å². The molecule has 5 nitrogen and oxygen atoms in total. The molecule has 2 aromatic carbocycles. The molecule has 0 spiro atoms. The molecule has 0 unspecified atom stereocenters. The summed E-state index contributed by atoms with van der Waals surface area (Å²) in [6.45, 7) is 5.36. The van der Waals surface area contributed by atoms with E-state index < -0.39 is 17.7 Å². The maximum atomic E-state index is 11.8. The number of rotatable bonds is 2. The van der Waals surface area contributed by atoms with Crippen LogP contribution in [-0.4, -0.2) is 22.8 Å². The molecule has 0 aliphatic rings. The van der Waals surface area contributed by atoms with Crippen molar-refractivity contribution < 1.29 is 19.4 Å². The summed E-state index contributed by atoms with van der Waals surface area (Å²) in [6.07, 6.45) is -0.544. The van der Waals surface area contributed by atoms with Crippen LogP contribution in [0.4, 0.5) is 10.5 Å². The van der Waals surface area contributed by atoms with Gasteiger partial charge in [-0.1, -0.05) is 18.2 Å². The van der Waals surface area contributed by atoms with Crippen LogP contribution >= 0.6 is 0 Å². The van der Waals surface area contributed by atoms with Gasteiger partial charge < -0.3 is 9.84 Å². The second-order valence-corrected chi connectivity index (χ2v) is 5.67. The Hall–Kier alpha value is -2.56. The lowest BCUT2D eigenvalue weighted by molar-refractivity contribution is 0.0634. The molecule has 0 heterocycles. The number of amides is 1. The number of carbonyl (C=O) groups excluding carboxylic acids is 1. The predicted octanol–water partition coefficient (Wildman–Crippen LogP) is 3.89. The van der Waals surface area contributed by atoms with E-state index in [4.69, 9.17) is 9.84 Å². The second-order valence-electron chi connectivity index (χ2n) is 5.67. The summed E-state index contributed by atoms with van der Waals surface area (Å²) in [5.74, 6) is -0.984. The quantitative estimate of drug-likeness (QED) is 0.878. The summed E-state index contributed by atoms with van der Waals surface area (Å²) in [5, 5.41) is 13.2. The van der Waals surface area contributed by atoms with Crippen molar-refractivity contribution in [2.24, 2.45) is 0 Å². The maximum Gasteiger partial charge on any atom is 0.412 e. The first kappa shape index (κ1) is 14.8. The van der Waals surface area contributed by atoms with Crippen LogP contribution in [0.3, 0.4) is 0 Å². The molecule has 0 aromatic heterocycles. The third-order valence-corrected chi connectivity index (χ3v) is 2.76. The smallest absolute Gasteiger partial charge is 0.412 e. The van der Waals surface area contributed by atoms with Gasteiger partial charge in [-0.05, 0) is 44.4 Å². The summed E-state index contributed by atoms with van der Waals surface area (Å²) in [5.41, 5.74) is 0.209. The van der Waals surface area contributed by atoms with Crippen molar-refractivity contribution in [2.45, 2.75) is 26.4 Å². The first-order chi connectivity index (χ1) is 9.76. The molecule has 5 heteroatoms. The normalized spacial score (nSPS) is 11.2. The van der Waals surface area contributed by atoms with Gasteiger partial charge in [0.25, 0.3) is 0 Å². The Morgan fingerprint density at radius 2 is 1.86 bits per heavy atom. The topological polar surface area (TPSA) is 75.6 Å². The van der Waals surface area contributed by atoms with E-state index in [0.29, 0.717) is 5.69 Å². The van der Waals surface area contributed by atoms with E-state index >= 15 is 0 Å². The van der Waals surface area contributed by atoms with Crippen LogP contribution in [0.2, 0.25) is 0 Å². The van der Waals surface area contributed by atoms with Crippen molar-refractivity contribution in [1.82, 2.24) is 0 Å². The minimum atomic E-state index is -0.984. The van der Waals surface area contributed by atoms with E-state index in [1.807, 2.05) is 0 Å². The Balaban J connectivity index is 2.33. The fraction of sp³-hybridized carbons (Fsp3) is 0.250. The van der Waals surface area contributed by atoms with Gasteiger partial charge in [-0.3, -0.25) is 5.32 Å². The SMILES string of the molecule is CC(C)(C)OC(=O)Nc1cccc2cc(C(=O)O)ccc12. The lowest BCUT2D eigenvalue weighted by Crippen LogP contribution is -2.27. The number of carbonyl (C=O) groups is 2. The largest absolute Gasteiger partial charge is 0.478 e. The number of benzene rings is 2. The zero-order valence-corrected chi connectivity index (χ0v) is 12.1. The number of hydrogen-bond acceptors (Lipinski definition) is 3. The highest BCUT2D eigenvalue weighted by Crippen LogP contribution is 2.25. The average molecular weight is 287 g/mol. The minimum Gasteiger partial charge on any atom is -0.478 e. The number of carboxylic acid groups (broad SMARTS) is 1. The fourth-order valence-electron chi connectivity index (χ4n) is 1.94. The molecule has 2 N–H and O–H groups in total. The maximum absolute atomic E-state index is 11.8. The van der Waals surface area contributed by atoms with Gasteiger partial charge in [-0.15, -0.1) is 0 Å². The van der Waals surface area contributed by atoms with Gasteiger partial charge in [-0.2, -0.15) is 0 Å². The Labute approximate surface area is 122 Å². The summed E-state index contributed by atoms with van der Waals surface area (Å²) in [4.78, 5) is 22.8. The summed E-state index contributed by atoms with van der Waals surface area (Å²) in [7, 11) is 0. The van der Waals surface area contributed by atoms with Crippen LogP contribution < -0.4 is 5.32 Å². The molecular weight excluding hydrogens is 270 g/mol. The molecule has 0 bridgehead atoms. The van der Waals surface area contributed by atoms with Crippen molar-refractivity contribution in [3.8, 4) is 0 Å². The standard InChI is InChI=1S/C16H17NO4/c1-16(2,3)21-15(20)17-13-6-4-5-10-9-11(14(18)19)7-8-12(10)13/h4-9H,1-3H3,(H,17,20)(H,18,19). The van der Waals surface area contributed by atoms with E-state index in [-0.39, 0.29) is 5.56 Å². The van der Waals surface area contributed by atoms with E-state index in [0.717, 1.165) is 10.8 Å². The predicted molar refractivity (Wildman–Crippen MR) is 80.8 cm³/mol. The van der Waals surface area contributed by atoms with Crippen LogP contribution in [0.25, 0.3) is 10.8 Å². The Morgan fingerprint density at radius 3 is 2.48 bits per heavy atom. The van der Waals surface area contributed by atoms with Crippen molar-refractivity contribution >= 4 is 28.5 Å². The van der Waals surface area contributed by atoms with E-state index in [9.17, 15) is 9.59 Å². The van der Waals surface area contributed by atoms with E-state index in [1.165, 1.54) is 6.07 Å². The highest BCUT2D eigenvalue weighted by molar-refractivity contribution is 6.02. The molecule has 2 rings (SSSR count). The van der Waals surface area contributed by atoms with Crippen LogP contribution in [0.5, 0.6) is 0 Å². The number of aromatic carboxylic acids is 1. The first-order valence-electron chi connectivity index (χ1n) is 6.52.